The number of aliphatic hydroxyl groups is 1. The highest BCUT2D eigenvalue weighted by Crippen LogP contribution is 2.40. The van der Waals surface area contributed by atoms with Gasteiger partial charge in [-0.2, -0.15) is 0 Å². The molecule has 1 atom stereocenters. The van der Waals surface area contributed by atoms with E-state index in [4.69, 9.17) is 20.8 Å². The first-order chi connectivity index (χ1) is 15.5. The number of Topliss-reactive ketones (excluding diaryl/α,β-unsaturated/α-hetero) is 1. The molecule has 1 aromatic carbocycles. The lowest BCUT2D eigenvalue weighted by Crippen LogP contribution is -2.32. The minimum Gasteiger partial charge on any atom is -0.503 e. The zero-order chi connectivity index (χ0) is 22.8. The molecule has 32 heavy (non-hydrogen) atoms. The molecule has 0 saturated heterocycles. The average molecular weight is 455 g/mol. The van der Waals surface area contributed by atoms with Gasteiger partial charge in [0.05, 0.1) is 18.7 Å². The summed E-state index contributed by atoms with van der Waals surface area (Å²) in [6.45, 7) is 2.49. The van der Waals surface area contributed by atoms with Crippen LogP contribution in [-0.4, -0.2) is 40.3 Å². The first kappa shape index (κ1) is 21.9. The van der Waals surface area contributed by atoms with Gasteiger partial charge in [0.1, 0.15) is 0 Å². The molecule has 2 aromatic heterocycles. The van der Waals surface area contributed by atoms with E-state index in [1.165, 1.54) is 12.0 Å². The molecule has 8 heteroatoms. The molecule has 0 radical (unpaired) electrons. The summed E-state index contributed by atoms with van der Waals surface area (Å²) in [5, 5.41) is 11.8. The van der Waals surface area contributed by atoms with Crippen LogP contribution < -0.4 is 4.74 Å². The van der Waals surface area contributed by atoms with Gasteiger partial charge in [0.25, 0.3) is 5.91 Å². The number of fused-ring (bicyclic) bond motifs is 1. The van der Waals surface area contributed by atoms with Crippen LogP contribution in [0, 0.1) is 0 Å². The van der Waals surface area contributed by atoms with E-state index in [0.29, 0.717) is 33.8 Å². The van der Waals surface area contributed by atoms with Crippen LogP contribution in [0.25, 0.3) is 11.0 Å². The van der Waals surface area contributed by atoms with Gasteiger partial charge in [0, 0.05) is 35.4 Å². The van der Waals surface area contributed by atoms with Crippen molar-refractivity contribution in [1.82, 2.24) is 9.88 Å². The second-order valence-electron chi connectivity index (χ2n) is 7.62. The second-order valence-corrected chi connectivity index (χ2v) is 8.05. The van der Waals surface area contributed by atoms with E-state index < -0.39 is 23.5 Å². The maximum Gasteiger partial charge on any atom is 0.290 e. The molecule has 3 aromatic rings. The molecular formula is C24H23ClN2O5. The highest BCUT2D eigenvalue weighted by Gasteiger charge is 2.44. The number of unbranched alkanes of at least 4 members (excludes halogenated alkanes) is 2. The third-order valence-electron chi connectivity index (χ3n) is 5.56. The van der Waals surface area contributed by atoms with Crippen LogP contribution in [0.5, 0.6) is 5.75 Å². The van der Waals surface area contributed by atoms with Gasteiger partial charge in [-0.1, -0.05) is 31.4 Å². The van der Waals surface area contributed by atoms with Gasteiger partial charge in [-0.15, -0.1) is 0 Å². The Morgan fingerprint density at radius 1 is 1.25 bits per heavy atom. The van der Waals surface area contributed by atoms with E-state index in [-0.39, 0.29) is 11.3 Å². The van der Waals surface area contributed by atoms with Crippen LogP contribution in [0.4, 0.5) is 0 Å². The van der Waals surface area contributed by atoms with Crippen LogP contribution in [0.1, 0.15) is 48.3 Å². The maximum atomic E-state index is 13.5. The van der Waals surface area contributed by atoms with Crippen LogP contribution >= 0.6 is 11.6 Å². The summed E-state index contributed by atoms with van der Waals surface area (Å²) in [5.41, 5.74) is 1.04. The number of hydrogen-bond acceptors (Lipinski definition) is 6. The molecule has 1 aliphatic rings. The van der Waals surface area contributed by atoms with Crippen molar-refractivity contribution in [3.63, 3.8) is 0 Å². The average Bonchev–Trinajstić information content (AvgIpc) is 3.33. The Kier molecular flexibility index (Phi) is 6.19. The first-order valence-corrected chi connectivity index (χ1v) is 10.8. The molecule has 0 saturated carbocycles. The molecular weight excluding hydrogens is 432 g/mol. The molecule has 4 rings (SSSR count). The molecule has 0 aliphatic carbocycles. The number of pyridine rings is 1. The van der Waals surface area contributed by atoms with Crippen LogP contribution in [0.2, 0.25) is 5.02 Å². The Morgan fingerprint density at radius 3 is 2.69 bits per heavy atom. The number of carbonyl (C=O) groups excluding carboxylic acids is 2. The quantitative estimate of drug-likeness (QED) is 0.368. The summed E-state index contributed by atoms with van der Waals surface area (Å²) in [5.74, 6) is -1.31. The van der Waals surface area contributed by atoms with Crippen molar-refractivity contribution in [3.05, 3.63) is 70.4 Å². The number of amides is 1. The van der Waals surface area contributed by atoms with E-state index >= 15 is 0 Å². The summed E-state index contributed by atoms with van der Waals surface area (Å²) in [7, 11) is 1.48. The number of aliphatic hydroxyl groups excluding tert-OH is 1. The van der Waals surface area contributed by atoms with Gasteiger partial charge in [-0.25, -0.2) is 0 Å². The highest BCUT2D eigenvalue weighted by molar-refractivity contribution is 6.31. The predicted octanol–water partition coefficient (Wildman–Crippen LogP) is 5.26. The minimum absolute atomic E-state index is 0.00983. The number of aromatic nitrogens is 1. The van der Waals surface area contributed by atoms with Crippen molar-refractivity contribution in [2.24, 2.45) is 0 Å². The molecule has 166 valence electrons. The van der Waals surface area contributed by atoms with Crippen molar-refractivity contribution >= 4 is 34.3 Å². The van der Waals surface area contributed by atoms with Crippen molar-refractivity contribution in [2.45, 2.75) is 32.2 Å². The molecule has 0 fully saturated rings. The Labute approximate surface area is 190 Å². The Bertz CT molecular complexity index is 1200. The Morgan fingerprint density at radius 2 is 2.00 bits per heavy atom. The molecule has 3 heterocycles. The smallest absolute Gasteiger partial charge is 0.290 e. The first-order valence-electron chi connectivity index (χ1n) is 10.4. The fourth-order valence-corrected chi connectivity index (χ4v) is 4.24. The molecule has 1 unspecified atom stereocenters. The largest absolute Gasteiger partial charge is 0.503 e. The summed E-state index contributed by atoms with van der Waals surface area (Å²) < 4.78 is 11.1. The lowest BCUT2D eigenvalue weighted by atomic mass is 9.95. The Hall–Kier alpha value is -3.32. The summed E-state index contributed by atoms with van der Waals surface area (Å²) in [4.78, 5) is 32.0. The number of methoxy groups -OCH3 is 1. The topological polar surface area (TPSA) is 92.9 Å². The SMILES string of the molecule is CCCCCN1C(=O)C(O)=C(C(=O)c2cc3cc(Cl)cc(OC)c3o2)C1c1ccncc1. The summed E-state index contributed by atoms with van der Waals surface area (Å²) in [6, 6.07) is 7.53. The fourth-order valence-electron chi connectivity index (χ4n) is 4.02. The number of furan rings is 1. The van der Waals surface area contributed by atoms with Crippen molar-refractivity contribution < 1.29 is 23.8 Å². The Balaban J connectivity index is 1.78. The lowest BCUT2D eigenvalue weighted by molar-refractivity contribution is -0.129. The van der Waals surface area contributed by atoms with Gasteiger partial charge in [0.15, 0.2) is 22.9 Å². The van der Waals surface area contributed by atoms with Crippen molar-refractivity contribution in [3.8, 4) is 5.75 Å². The minimum atomic E-state index is -0.728. The van der Waals surface area contributed by atoms with Gasteiger partial charge in [0.2, 0.25) is 5.78 Å². The van der Waals surface area contributed by atoms with E-state index in [1.54, 1.807) is 42.7 Å². The molecule has 7 nitrogen and oxygen atoms in total. The zero-order valence-electron chi connectivity index (χ0n) is 17.8. The van der Waals surface area contributed by atoms with E-state index in [1.807, 2.05) is 0 Å². The van der Waals surface area contributed by atoms with Gasteiger partial charge in [-0.3, -0.25) is 14.6 Å². The molecule has 1 N–H and O–H groups in total. The van der Waals surface area contributed by atoms with Crippen LogP contribution in [0.15, 0.2) is 58.5 Å². The predicted molar refractivity (Wildman–Crippen MR) is 120 cm³/mol. The van der Waals surface area contributed by atoms with E-state index in [9.17, 15) is 14.7 Å². The molecule has 1 aliphatic heterocycles. The van der Waals surface area contributed by atoms with Crippen molar-refractivity contribution in [2.75, 3.05) is 13.7 Å². The second kappa shape index (κ2) is 9.04. The molecule has 0 bridgehead atoms. The fraction of sp³-hybridized carbons (Fsp3) is 0.292. The van der Waals surface area contributed by atoms with Gasteiger partial charge >= 0.3 is 0 Å². The number of ether oxygens (including phenoxy) is 1. The lowest BCUT2D eigenvalue weighted by Gasteiger charge is -2.26. The molecule has 1 amide bonds. The van der Waals surface area contributed by atoms with E-state index in [2.05, 4.69) is 11.9 Å². The van der Waals surface area contributed by atoms with Gasteiger partial charge < -0.3 is 19.2 Å². The summed E-state index contributed by atoms with van der Waals surface area (Å²) >= 11 is 6.13. The number of halogens is 1. The number of ketones is 1. The monoisotopic (exact) mass is 454 g/mol. The van der Waals surface area contributed by atoms with Gasteiger partial charge in [-0.05, 0) is 36.2 Å². The van der Waals surface area contributed by atoms with Crippen molar-refractivity contribution in [1.29, 1.82) is 0 Å². The van der Waals surface area contributed by atoms with E-state index in [0.717, 1.165) is 19.3 Å². The normalized spacial score (nSPS) is 16.3. The summed E-state index contributed by atoms with van der Waals surface area (Å²) in [6.07, 6.45) is 5.86. The van der Waals surface area contributed by atoms with Crippen LogP contribution in [-0.2, 0) is 4.79 Å². The maximum absolute atomic E-state index is 13.5. The number of carbonyl (C=O) groups is 2. The highest BCUT2D eigenvalue weighted by atomic mass is 35.5. The number of nitrogens with zero attached hydrogens (tertiary/aromatic N) is 2. The standard InChI is InChI=1S/C24H23ClN2O5/c1-3-4-5-10-27-20(14-6-8-26-9-7-14)19(22(29)24(27)30)21(28)17-12-15-11-16(25)13-18(31-2)23(15)32-17/h6-9,11-13,20,29H,3-5,10H2,1-2H3. The third kappa shape index (κ3) is 3.84. The number of rotatable bonds is 8. The van der Waals surface area contributed by atoms with Crippen LogP contribution in [0.3, 0.4) is 0 Å². The number of benzene rings is 1. The third-order valence-corrected chi connectivity index (χ3v) is 5.78. The molecule has 0 spiro atoms. The zero-order valence-corrected chi connectivity index (χ0v) is 18.6. The number of hydrogen-bond donors (Lipinski definition) is 1.